The molecule has 0 amide bonds. The molecule has 8 nitrogen and oxygen atoms in total. The van der Waals surface area contributed by atoms with Crippen molar-refractivity contribution >= 4 is 20.2 Å². The molecule has 0 bridgehead atoms. The molecule has 136 valence electrons. The molecule has 1 aromatic carbocycles. The highest BCUT2D eigenvalue weighted by Gasteiger charge is 2.48. The second-order valence-corrected chi connectivity index (χ2v) is 8.67. The van der Waals surface area contributed by atoms with Crippen LogP contribution in [0.4, 0.5) is 0 Å². The Morgan fingerprint density at radius 2 is 1.08 bits per heavy atom. The highest BCUT2D eigenvalue weighted by molar-refractivity contribution is 7.86. The Kier molecular flexibility index (Phi) is 5.68. The van der Waals surface area contributed by atoms with Crippen molar-refractivity contribution in [3.8, 4) is 0 Å². The lowest BCUT2D eigenvalue weighted by Crippen LogP contribution is -2.47. The molecule has 1 aliphatic rings. The summed E-state index contributed by atoms with van der Waals surface area (Å²) >= 11 is 0. The van der Waals surface area contributed by atoms with Crippen LogP contribution in [0.3, 0.4) is 0 Å². The molecule has 0 radical (unpaired) electrons. The standard InChI is InChI=1S/C14H20O8S2/c1-19-11-9-7-5-6-8-10(9)12(20-2)14(22-24(4,17)18)13(11)21-23(3,15)16/h5-8,11-14H,1-4H3/t11-,12+,13+,14-. The first-order chi connectivity index (χ1) is 11.1. The minimum absolute atomic E-state index is 0.647. The van der Waals surface area contributed by atoms with Crippen molar-refractivity contribution in [2.75, 3.05) is 26.7 Å². The van der Waals surface area contributed by atoms with Gasteiger partial charge in [0.1, 0.15) is 24.4 Å². The molecule has 1 aliphatic carbocycles. The maximum Gasteiger partial charge on any atom is 0.264 e. The lowest BCUT2D eigenvalue weighted by molar-refractivity contribution is -0.114. The molecule has 0 N–H and O–H groups in total. The smallest absolute Gasteiger partial charge is 0.264 e. The predicted octanol–water partition coefficient (Wildman–Crippen LogP) is 0.765. The predicted molar refractivity (Wildman–Crippen MR) is 85.4 cm³/mol. The van der Waals surface area contributed by atoms with E-state index in [1.165, 1.54) is 14.2 Å². The Morgan fingerprint density at radius 1 is 0.750 bits per heavy atom. The second kappa shape index (κ2) is 7.06. The summed E-state index contributed by atoms with van der Waals surface area (Å²) in [6, 6.07) is 7.00. The van der Waals surface area contributed by atoms with E-state index in [9.17, 15) is 16.8 Å². The number of benzene rings is 1. The van der Waals surface area contributed by atoms with Gasteiger partial charge < -0.3 is 9.47 Å². The largest absolute Gasteiger partial charge is 0.374 e. The molecular formula is C14H20O8S2. The van der Waals surface area contributed by atoms with Crippen molar-refractivity contribution in [3.63, 3.8) is 0 Å². The average molecular weight is 380 g/mol. The molecule has 24 heavy (non-hydrogen) atoms. The molecule has 0 aromatic heterocycles. The highest BCUT2D eigenvalue weighted by Crippen LogP contribution is 2.43. The van der Waals surface area contributed by atoms with E-state index in [1.807, 2.05) is 0 Å². The van der Waals surface area contributed by atoms with Gasteiger partial charge in [-0.3, -0.25) is 8.37 Å². The number of rotatable bonds is 6. The molecule has 0 saturated carbocycles. The van der Waals surface area contributed by atoms with Crippen LogP contribution in [-0.2, 0) is 38.1 Å². The first-order valence-corrected chi connectivity index (χ1v) is 10.6. The number of hydrogen-bond donors (Lipinski definition) is 0. The van der Waals surface area contributed by atoms with Gasteiger partial charge in [-0.15, -0.1) is 0 Å². The molecule has 0 heterocycles. The Labute approximate surface area is 141 Å². The normalized spacial score (nSPS) is 27.7. The van der Waals surface area contributed by atoms with Crippen LogP contribution >= 0.6 is 0 Å². The summed E-state index contributed by atoms with van der Waals surface area (Å²) < 4.78 is 67.6. The van der Waals surface area contributed by atoms with E-state index in [2.05, 4.69) is 0 Å². The third-order valence-electron chi connectivity index (χ3n) is 3.61. The Hall–Kier alpha value is -1.04. The SMILES string of the molecule is CO[C@@H]1c2ccccc2[C@H](OC)[C@@H](OS(C)(=O)=O)[C@H]1OS(C)(=O)=O. The molecule has 0 spiro atoms. The number of hydrogen-bond acceptors (Lipinski definition) is 8. The van der Waals surface area contributed by atoms with Crippen molar-refractivity contribution in [1.82, 2.24) is 0 Å². The number of ether oxygens (including phenoxy) is 2. The third-order valence-corrected chi connectivity index (χ3v) is 4.75. The summed E-state index contributed by atoms with van der Waals surface area (Å²) in [5.41, 5.74) is 1.29. The fourth-order valence-electron chi connectivity index (χ4n) is 2.86. The molecule has 1 aromatic rings. The van der Waals surface area contributed by atoms with E-state index in [1.54, 1.807) is 24.3 Å². The van der Waals surface area contributed by atoms with Gasteiger partial charge in [0.25, 0.3) is 20.2 Å². The molecule has 10 heteroatoms. The van der Waals surface area contributed by atoms with Crippen molar-refractivity contribution in [2.24, 2.45) is 0 Å². The monoisotopic (exact) mass is 380 g/mol. The minimum atomic E-state index is -3.90. The first kappa shape index (κ1) is 19.3. The van der Waals surface area contributed by atoms with E-state index in [0.29, 0.717) is 11.1 Å². The zero-order chi connectivity index (χ0) is 18.1. The maximum atomic E-state index is 11.7. The van der Waals surface area contributed by atoms with Crippen molar-refractivity contribution in [3.05, 3.63) is 35.4 Å². The second-order valence-electron chi connectivity index (χ2n) is 5.47. The summed E-state index contributed by atoms with van der Waals surface area (Å²) in [6.07, 6.45) is -2.37. The van der Waals surface area contributed by atoms with E-state index in [0.717, 1.165) is 12.5 Å². The summed E-state index contributed by atoms with van der Waals surface area (Å²) in [7, 11) is -5.04. The van der Waals surface area contributed by atoms with Gasteiger partial charge in [-0.05, 0) is 11.1 Å². The molecule has 4 atom stereocenters. The van der Waals surface area contributed by atoms with Gasteiger partial charge in [-0.2, -0.15) is 16.8 Å². The van der Waals surface area contributed by atoms with Gasteiger partial charge in [0.05, 0.1) is 12.5 Å². The Morgan fingerprint density at radius 3 is 1.33 bits per heavy atom. The number of fused-ring (bicyclic) bond motifs is 1. The van der Waals surface area contributed by atoms with Crippen molar-refractivity contribution in [1.29, 1.82) is 0 Å². The van der Waals surface area contributed by atoms with Crippen LogP contribution < -0.4 is 0 Å². The fourth-order valence-corrected chi connectivity index (χ4v) is 4.09. The van der Waals surface area contributed by atoms with Crippen LogP contribution in [0.25, 0.3) is 0 Å². The molecule has 0 fully saturated rings. The molecule has 0 saturated heterocycles. The van der Waals surface area contributed by atoms with E-state index in [4.69, 9.17) is 17.8 Å². The van der Waals surface area contributed by atoms with Gasteiger partial charge in [0.2, 0.25) is 0 Å². The minimum Gasteiger partial charge on any atom is -0.374 e. The Bertz CT molecular complexity index is 720. The maximum absolute atomic E-state index is 11.7. The van der Waals surface area contributed by atoms with Gasteiger partial charge in [0.15, 0.2) is 0 Å². The third kappa shape index (κ3) is 4.32. The van der Waals surface area contributed by atoms with E-state index >= 15 is 0 Å². The van der Waals surface area contributed by atoms with Crippen molar-refractivity contribution in [2.45, 2.75) is 24.4 Å². The topological polar surface area (TPSA) is 105 Å². The molecular weight excluding hydrogens is 360 g/mol. The van der Waals surface area contributed by atoms with E-state index in [-0.39, 0.29) is 0 Å². The molecule has 0 aliphatic heterocycles. The van der Waals surface area contributed by atoms with E-state index < -0.39 is 44.7 Å². The molecule has 0 unspecified atom stereocenters. The Balaban J connectivity index is 2.61. The van der Waals surface area contributed by atoms with Crippen LogP contribution in [0.15, 0.2) is 24.3 Å². The van der Waals surface area contributed by atoms with Crippen LogP contribution in [-0.4, -0.2) is 55.8 Å². The summed E-state index contributed by atoms with van der Waals surface area (Å²) in [4.78, 5) is 0. The van der Waals surface area contributed by atoms with Gasteiger partial charge in [-0.1, -0.05) is 24.3 Å². The van der Waals surface area contributed by atoms with Gasteiger partial charge in [0, 0.05) is 14.2 Å². The summed E-state index contributed by atoms with van der Waals surface area (Å²) in [6.45, 7) is 0. The first-order valence-electron chi connectivity index (χ1n) is 6.98. The zero-order valence-corrected chi connectivity index (χ0v) is 15.3. The molecule has 2 rings (SSSR count). The van der Waals surface area contributed by atoms with Crippen molar-refractivity contribution < 1.29 is 34.7 Å². The lowest BCUT2D eigenvalue weighted by Gasteiger charge is -2.40. The quantitative estimate of drug-likeness (QED) is 0.666. The zero-order valence-electron chi connectivity index (χ0n) is 13.7. The van der Waals surface area contributed by atoms with Gasteiger partial charge in [-0.25, -0.2) is 0 Å². The lowest BCUT2D eigenvalue weighted by atomic mass is 9.83. The van der Waals surface area contributed by atoms with Crippen LogP contribution in [0, 0.1) is 0 Å². The summed E-state index contributed by atoms with van der Waals surface area (Å²) in [5.74, 6) is 0. The summed E-state index contributed by atoms with van der Waals surface area (Å²) in [5, 5.41) is 0. The number of methoxy groups -OCH3 is 2. The van der Waals surface area contributed by atoms with Crippen LogP contribution in [0.2, 0.25) is 0 Å². The van der Waals surface area contributed by atoms with Gasteiger partial charge >= 0.3 is 0 Å². The van der Waals surface area contributed by atoms with Crippen LogP contribution in [0.5, 0.6) is 0 Å². The highest BCUT2D eigenvalue weighted by atomic mass is 32.2. The van der Waals surface area contributed by atoms with Crippen LogP contribution in [0.1, 0.15) is 23.3 Å². The fraction of sp³-hybridized carbons (Fsp3) is 0.571. The average Bonchev–Trinajstić information content (AvgIpc) is 2.45.